The Hall–Kier alpha value is -4.44. The maximum Gasteiger partial charge on any atom is 0.275 e. The molecule has 0 N–H and O–H groups in total. The van der Waals surface area contributed by atoms with Gasteiger partial charge in [-0.15, -0.1) is 10.2 Å². The van der Waals surface area contributed by atoms with Crippen LogP contribution in [0.5, 0.6) is 0 Å². The Morgan fingerprint density at radius 1 is 0.875 bits per heavy atom. The van der Waals surface area contributed by atoms with E-state index in [1.54, 1.807) is 17.0 Å². The highest BCUT2D eigenvalue weighted by Gasteiger charge is 2.26. The second-order valence-corrected chi connectivity index (χ2v) is 10.3. The van der Waals surface area contributed by atoms with Gasteiger partial charge in [0.1, 0.15) is 17.9 Å². The van der Waals surface area contributed by atoms with Crippen LogP contribution in [0.2, 0.25) is 0 Å². The molecule has 0 aliphatic carbocycles. The summed E-state index contributed by atoms with van der Waals surface area (Å²) in [4.78, 5) is 21.2. The molecule has 40 heavy (non-hydrogen) atoms. The number of amides is 1. The normalized spacial score (nSPS) is 13.5. The van der Waals surface area contributed by atoms with Crippen molar-refractivity contribution in [1.82, 2.24) is 24.6 Å². The highest BCUT2D eigenvalue weighted by Crippen LogP contribution is 2.27. The number of benzene rings is 3. The van der Waals surface area contributed by atoms with Gasteiger partial charge in [0.2, 0.25) is 5.89 Å². The summed E-state index contributed by atoms with van der Waals surface area (Å²) in [6.07, 6.45) is 2.05. The van der Waals surface area contributed by atoms with E-state index < -0.39 is 0 Å². The van der Waals surface area contributed by atoms with E-state index in [1.807, 2.05) is 64.1 Å². The summed E-state index contributed by atoms with van der Waals surface area (Å²) in [6, 6.07) is 26.9. The van der Waals surface area contributed by atoms with Crippen LogP contribution in [0.4, 0.5) is 10.1 Å². The molecule has 2 aromatic heterocycles. The van der Waals surface area contributed by atoms with Crippen molar-refractivity contribution in [3.63, 3.8) is 0 Å². The van der Waals surface area contributed by atoms with Crippen LogP contribution >= 0.6 is 11.8 Å². The van der Waals surface area contributed by atoms with E-state index in [2.05, 4.69) is 27.3 Å². The maximum absolute atomic E-state index is 14.2. The van der Waals surface area contributed by atoms with Gasteiger partial charge in [0.15, 0.2) is 10.9 Å². The van der Waals surface area contributed by atoms with E-state index >= 15 is 0 Å². The summed E-state index contributed by atoms with van der Waals surface area (Å²) in [5, 5.41) is 9.65. The molecule has 1 fully saturated rings. The first-order valence-electron chi connectivity index (χ1n) is 13.1. The lowest BCUT2D eigenvalue weighted by Crippen LogP contribution is -2.49. The van der Waals surface area contributed by atoms with Crippen molar-refractivity contribution in [3.05, 3.63) is 120 Å². The van der Waals surface area contributed by atoms with Crippen LogP contribution in [0.1, 0.15) is 27.8 Å². The summed E-state index contributed by atoms with van der Waals surface area (Å²) in [7, 11) is 0. The standard InChI is InChI=1S/C30H27FN6O2S/c31-24-13-7-8-14-26(24)35-15-17-36(18-16-35)29(38)25-20-39-28(32-25)21-40-30-34-33-27(19-22-9-3-1-4-10-22)37(30)23-11-5-2-6-12-23/h1-14,20H,15-19,21H2. The fraction of sp³-hybridized carbons (Fsp3) is 0.200. The number of anilines is 1. The minimum Gasteiger partial charge on any atom is -0.447 e. The topological polar surface area (TPSA) is 80.3 Å². The Morgan fingerprint density at radius 3 is 2.33 bits per heavy atom. The van der Waals surface area contributed by atoms with Gasteiger partial charge in [-0.05, 0) is 29.8 Å². The molecule has 0 bridgehead atoms. The number of carbonyl (C=O) groups is 1. The number of aromatic nitrogens is 4. The second kappa shape index (κ2) is 11.7. The van der Waals surface area contributed by atoms with E-state index in [1.165, 1.54) is 24.1 Å². The number of para-hydroxylation sites is 2. The van der Waals surface area contributed by atoms with Crippen LogP contribution in [-0.4, -0.2) is 56.7 Å². The molecule has 202 valence electrons. The predicted octanol–water partition coefficient (Wildman–Crippen LogP) is 5.24. The Balaban J connectivity index is 1.12. The van der Waals surface area contributed by atoms with Crippen molar-refractivity contribution in [3.8, 4) is 5.69 Å². The largest absolute Gasteiger partial charge is 0.447 e. The van der Waals surface area contributed by atoms with Gasteiger partial charge in [-0.25, -0.2) is 9.37 Å². The van der Waals surface area contributed by atoms with E-state index in [-0.39, 0.29) is 17.4 Å². The van der Waals surface area contributed by atoms with Crippen LogP contribution in [0, 0.1) is 5.82 Å². The molecule has 0 radical (unpaired) electrons. The summed E-state index contributed by atoms with van der Waals surface area (Å²) < 4.78 is 21.9. The van der Waals surface area contributed by atoms with Crippen LogP contribution in [0.3, 0.4) is 0 Å². The number of nitrogens with zero attached hydrogens (tertiary/aromatic N) is 6. The van der Waals surface area contributed by atoms with Gasteiger partial charge in [-0.2, -0.15) is 0 Å². The summed E-state index contributed by atoms with van der Waals surface area (Å²) in [5.41, 5.74) is 2.95. The quantitative estimate of drug-likeness (QED) is 0.243. The number of hydrogen-bond acceptors (Lipinski definition) is 7. The SMILES string of the molecule is O=C(c1coc(CSc2nnc(Cc3ccccc3)n2-c2ccccc2)n1)N1CCN(c2ccccc2F)CC1. The number of halogens is 1. The van der Waals surface area contributed by atoms with Gasteiger partial charge in [-0.3, -0.25) is 9.36 Å². The van der Waals surface area contributed by atoms with Gasteiger partial charge >= 0.3 is 0 Å². The molecule has 8 nitrogen and oxygen atoms in total. The number of piperazine rings is 1. The molecule has 0 unspecified atom stereocenters. The molecular weight excluding hydrogens is 527 g/mol. The van der Waals surface area contributed by atoms with Gasteiger partial charge in [0.05, 0.1) is 11.4 Å². The second-order valence-electron chi connectivity index (χ2n) is 9.38. The number of oxazole rings is 1. The Labute approximate surface area is 235 Å². The fourth-order valence-electron chi connectivity index (χ4n) is 4.75. The van der Waals surface area contributed by atoms with E-state index in [0.29, 0.717) is 55.1 Å². The molecule has 1 amide bonds. The molecular formula is C30H27FN6O2S. The van der Waals surface area contributed by atoms with Crippen LogP contribution < -0.4 is 4.90 Å². The highest BCUT2D eigenvalue weighted by molar-refractivity contribution is 7.98. The predicted molar refractivity (Wildman–Crippen MR) is 151 cm³/mol. The fourth-order valence-corrected chi connectivity index (χ4v) is 5.57. The minimum absolute atomic E-state index is 0.189. The Bertz CT molecular complexity index is 1580. The molecule has 0 atom stereocenters. The minimum atomic E-state index is -0.254. The van der Waals surface area contributed by atoms with Crippen molar-refractivity contribution in [2.75, 3.05) is 31.1 Å². The maximum atomic E-state index is 14.2. The third-order valence-corrected chi connectivity index (χ3v) is 7.69. The molecule has 6 rings (SSSR count). The van der Waals surface area contributed by atoms with Gasteiger partial charge in [-0.1, -0.05) is 72.4 Å². The molecule has 5 aromatic rings. The van der Waals surface area contributed by atoms with Crippen molar-refractivity contribution >= 4 is 23.4 Å². The van der Waals surface area contributed by atoms with Crippen molar-refractivity contribution in [1.29, 1.82) is 0 Å². The van der Waals surface area contributed by atoms with Crippen molar-refractivity contribution in [2.24, 2.45) is 0 Å². The lowest BCUT2D eigenvalue weighted by atomic mass is 10.1. The third-order valence-electron chi connectivity index (χ3n) is 6.78. The zero-order valence-electron chi connectivity index (χ0n) is 21.7. The van der Waals surface area contributed by atoms with Crippen molar-refractivity contribution in [2.45, 2.75) is 17.3 Å². The Morgan fingerprint density at radius 2 is 1.57 bits per heavy atom. The van der Waals surface area contributed by atoms with Crippen LogP contribution in [0.25, 0.3) is 5.69 Å². The smallest absolute Gasteiger partial charge is 0.275 e. The highest BCUT2D eigenvalue weighted by atomic mass is 32.2. The van der Waals surface area contributed by atoms with E-state index in [0.717, 1.165) is 17.1 Å². The molecule has 1 aliphatic rings. The lowest BCUT2D eigenvalue weighted by Gasteiger charge is -2.35. The summed E-state index contributed by atoms with van der Waals surface area (Å²) >= 11 is 1.45. The molecule has 1 saturated heterocycles. The summed E-state index contributed by atoms with van der Waals surface area (Å²) in [5.74, 6) is 1.22. The Kier molecular flexibility index (Phi) is 7.58. The van der Waals surface area contributed by atoms with E-state index in [9.17, 15) is 9.18 Å². The molecule has 3 aromatic carbocycles. The molecule has 1 aliphatic heterocycles. The molecule has 3 heterocycles. The molecule has 10 heteroatoms. The summed E-state index contributed by atoms with van der Waals surface area (Å²) in [6.45, 7) is 2.06. The number of carbonyl (C=O) groups excluding carboxylic acids is 1. The zero-order chi connectivity index (χ0) is 27.3. The van der Waals surface area contributed by atoms with Gasteiger partial charge < -0.3 is 14.2 Å². The molecule has 0 saturated carbocycles. The first-order valence-corrected chi connectivity index (χ1v) is 14.0. The van der Waals surface area contributed by atoms with Crippen LogP contribution in [-0.2, 0) is 12.2 Å². The number of thioether (sulfide) groups is 1. The monoisotopic (exact) mass is 554 g/mol. The average molecular weight is 555 g/mol. The molecule has 0 spiro atoms. The lowest BCUT2D eigenvalue weighted by molar-refractivity contribution is 0.0740. The zero-order valence-corrected chi connectivity index (χ0v) is 22.5. The van der Waals surface area contributed by atoms with Gasteiger partial charge in [0.25, 0.3) is 5.91 Å². The first-order chi connectivity index (χ1) is 19.7. The number of hydrogen-bond donors (Lipinski definition) is 0. The van der Waals surface area contributed by atoms with Crippen molar-refractivity contribution < 1.29 is 13.6 Å². The third kappa shape index (κ3) is 5.62. The van der Waals surface area contributed by atoms with Gasteiger partial charge in [0, 0.05) is 38.3 Å². The first kappa shape index (κ1) is 25.8. The van der Waals surface area contributed by atoms with Crippen LogP contribution in [0.15, 0.2) is 101 Å². The average Bonchev–Trinajstić information content (AvgIpc) is 3.64. The number of rotatable bonds is 8. The van der Waals surface area contributed by atoms with E-state index in [4.69, 9.17) is 4.42 Å².